The van der Waals surface area contributed by atoms with Gasteiger partial charge in [-0.25, -0.2) is 4.57 Å². The molecule has 0 aliphatic rings. The first kappa shape index (κ1) is 70.9. The summed E-state index contributed by atoms with van der Waals surface area (Å²) in [6.45, 7) is 4.29. The number of nitrogens with zero attached hydrogens (tertiary/aromatic N) is 1. The van der Waals surface area contributed by atoms with E-state index in [4.69, 9.17) is 18.5 Å². The molecule has 9 nitrogen and oxygen atoms in total. The van der Waals surface area contributed by atoms with Crippen LogP contribution in [0.4, 0.5) is 0 Å². The lowest BCUT2D eigenvalue weighted by Gasteiger charge is -2.24. The van der Waals surface area contributed by atoms with Crippen LogP contribution in [0.2, 0.25) is 0 Å². The fourth-order valence-electron chi connectivity index (χ4n) is 8.03. The molecule has 10 heteroatoms. The standard InChI is InChI=1S/C64H112NO8P/c1-6-8-10-12-14-16-17-18-19-20-21-22-23-24-25-26-27-28-29-30-31-32-33-34-35-36-37-38-39-40-41-42-43-44-45-46-47-49-51-53-55-57-64(67)73-62(61-72-74(68,69)71-59-58-65(3,4)5)60-70-63(66)56-54-52-50-48-15-13-11-9-7-2/h8,10,14,16,18-19,21-22,24-25,27-28,30-31,33-34,62H,6-7,9,11-13,15,17,20,23,26,29,32,35-61H2,1-5H3/p+1/b10-8-,16-14-,19-18-,22-21-,25-24-,28-27-,31-30-,34-33-. The van der Waals surface area contributed by atoms with Crippen LogP contribution in [0.1, 0.15) is 245 Å². The van der Waals surface area contributed by atoms with Gasteiger partial charge >= 0.3 is 19.8 Å². The van der Waals surface area contributed by atoms with Gasteiger partial charge in [0.25, 0.3) is 0 Å². The monoisotopic (exact) mass is 1050 g/mol. The van der Waals surface area contributed by atoms with E-state index < -0.39 is 26.5 Å². The Balaban J connectivity index is 3.91. The average molecular weight is 1060 g/mol. The van der Waals surface area contributed by atoms with E-state index in [9.17, 15) is 19.0 Å². The highest BCUT2D eigenvalue weighted by molar-refractivity contribution is 7.47. The van der Waals surface area contributed by atoms with Crippen LogP contribution in [0.15, 0.2) is 97.2 Å². The van der Waals surface area contributed by atoms with Crippen molar-refractivity contribution in [2.45, 2.75) is 251 Å². The van der Waals surface area contributed by atoms with E-state index in [0.29, 0.717) is 17.4 Å². The second kappa shape index (κ2) is 54.7. The number of hydrogen-bond donors (Lipinski definition) is 1. The van der Waals surface area contributed by atoms with Gasteiger partial charge in [-0.1, -0.05) is 252 Å². The molecule has 0 aromatic carbocycles. The normalized spacial score (nSPS) is 14.0. The lowest BCUT2D eigenvalue weighted by Crippen LogP contribution is -2.37. The zero-order chi connectivity index (χ0) is 54.2. The van der Waals surface area contributed by atoms with Crippen LogP contribution in [0.5, 0.6) is 0 Å². The Morgan fingerprint density at radius 2 is 0.770 bits per heavy atom. The number of carbonyl (C=O) groups excluding carboxylic acids is 2. The van der Waals surface area contributed by atoms with Gasteiger partial charge in [0.05, 0.1) is 27.7 Å². The van der Waals surface area contributed by atoms with Gasteiger partial charge in [-0.2, -0.15) is 0 Å². The third-order valence-electron chi connectivity index (χ3n) is 12.6. The van der Waals surface area contributed by atoms with Crippen LogP contribution in [0.25, 0.3) is 0 Å². The Labute approximate surface area is 455 Å². The zero-order valence-corrected chi connectivity index (χ0v) is 49.2. The topological polar surface area (TPSA) is 108 Å². The third-order valence-corrected chi connectivity index (χ3v) is 13.6. The van der Waals surface area contributed by atoms with Crippen LogP contribution in [-0.2, 0) is 32.7 Å². The average Bonchev–Trinajstić information content (AvgIpc) is 3.36. The van der Waals surface area contributed by atoms with Crippen molar-refractivity contribution in [3.8, 4) is 0 Å². The van der Waals surface area contributed by atoms with Gasteiger partial charge in [0.1, 0.15) is 19.8 Å². The van der Waals surface area contributed by atoms with Crippen molar-refractivity contribution >= 4 is 19.8 Å². The molecule has 0 aromatic heterocycles. The number of phosphoric ester groups is 1. The van der Waals surface area contributed by atoms with E-state index in [2.05, 4.69) is 111 Å². The molecule has 0 saturated heterocycles. The summed E-state index contributed by atoms with van der Waals surface area (Å²) in [5.74, 6) is -0.798. The molecule has 0 bridgehead atoms. The van der Waals surface area contributed by atoms with Gasteiger partial charge in [-0.05, 0) is 77.0 Å². The molecule has 0 rings (SSSR count). The van der Waals surface area contributed by atoms with E-state index in [-0.39, 0.29) is 32.0 Å². The van der Waals surface area contributed by atoms with Crippen molar-refractivity contribution in [3.63, 3.8) is 0 Å². The molecule has 0 spiro atoms. The largest absolute Gasteiger partial charge is 0.472 e. The molecule has 0 aliphatic carbocycles. The van der Waals surface area contributed by atoms with Crippen LogP contribution in [0.3, 0.4) is 0 Å². The third kappa shape index (κ3) is 58.2. The molecule has 0 heterocycles. The number of carbonyl (C=O) groups is 2. The second-order valence-electron chi connectivity index (χ2n) is 21.0. The number of quaternary nitrogens is 1. The Morgan fingerprint density at radius 1 is 0.432 bits per heavy atom. The maximum Gasteiger partial charge on any atom is 0.472 e. The fourth-order valence-corrected chi connectivity index (χ4v) is 8.77. The molecular weight excluding hydrogens is 942 g/mol. The summed E-state index contributed by atoms with van der Waals surface area (Å²) in [4.78, 5) is 35.5. The number of unbranched alkanes of at least 4 members (excludes halogenated alkanes) is 24. The molecule has 0 aromatic rings. The number of allylic oxidation sites excluding steroid dienone is 16. The van der Waals surface area contributed by atoms with Crippen LogP contribution in [-0.4, -0.2) is 74.9 Å². The van der Waals surface area contributed by atoms with Gasteiger partial charge in [-0.15, -0.1) is 0 Å². The number of phosphoric acid groups is 1. The van der Waals surface area contributed by atoms with E-state index in [0.717, 1.165) is 83.5 Å². The number of hydrogen-bond acceptors (Lipinski definition) is 7. The van der Waals surface area contributed by atoms with Gasteiger partial charge in [0.2, 0.25) is 0 Å². The minimum Gasteiger partial charge on any atom is -0.462 e. The van der Waals surface area contributed by atoms with E-state index in [1.54, 1.807) is 0 Å². The maximum absolute atomic E-state index is 12.8. The van der Waals surface area contributed by atoms with Crippen molar-refractivity contribution in [2.75, 3.05) is 47.5 Å². The van der Waals surface area contributed by atoms with E-state index in [1.165, 1.54) is 128 Å². The first-order chi connectivity index (χ1) is 36.0. The minimum absolute atomic E-state index is 0.0308. The highest BCUT2D eigenvalue weighted by Crippen LogP contribution is 2.43. The molecule has 2 atom stereocenters. The molecule has 0 fully saturated rings. The van der Waals surface area contributed by atoms with E-state index in [1.807, 2.05) is 21.1 Å². The van der Waals surface area contributed by atoms with Crippen molar-refractivity contribution in [2.24, 2.45) is 0 Å². The number of rotatable bonds is 54. The summed E-state index contributed by atoms with van der Waals surface area (Å²) < 4.78 is 34.4. The summed E-state index contributed by atoms with van der Waals surface area (Å²) >= 11 is 0. The molecule has 0 aliphatic heterocycles. The van der Waals surface area contributed by atoms with Crippen LogP contribution in [0, 0.1) is 0 Å². The number of ether oxygens (including phenoxy) is 2. The molecule has 0 amide bonds. The molecular formula is C64H113NO8P+. The lowest BCUT2D eigenvalue weighted by molar-refractivity contribution is -0.870. The zero-order valence-electron chi connectivity index (χ0n) is 48.3. The predicted molar refractivity (Wildman–Crippen MR) is 316 cm³/mol. The summed E-state index contributed by atoms with van der Waals surface area (Å²) in [5, 5.41) is 0. The van der Waals surface area contributed by atoms with Crippen molar-refractivity contribution < 1.29 is 42.1 Å². The molecule has 74 heavy (non-hydrogen) atoms. The van der Waals surface area contributed by atoms with Gasteiger partial charge in [0, 0.05) is 12.8 Å². The summed E-state index contributed by atoms with van der Waals surface area (Å²) in [5.41, 5.74) is 0. The quantitative estimate of drug-likeness (QED) is 0.0211. The van der Waals surface area contributed by atoms with Crippen molar-refractivity contribution in [3.05, 3.63) is 97.2 Å². The minimum atomic E-state index is -4.38. The SMILES string of the molecule is CC/C=C\C/C=C\C/C=C\C/C=C\C/C=C\C/C=C\C/C=C\C/C=C\CCCCCCCCCCCCCCCCCCC(=O)OC(COC(=O)CCCCCCCCCCC)COP(=O)(O)OCC[N+](C)(C)C. The molecule has 0 saturated carbocycles. The molecule has 426 valence electrons. The van der Waals surface area contributed by atoms with Crippen molar-refractivity contribution in [1.29, 1.82) is 0 Å². The maximum atomic E-state index is 12.8. The van der Waals surface area contributed by atoms with Crippen LogP contribution < -0.4 is 0 Å². The molecule has 1 N–H and O–H groups in total. The number of esters is 2. The Morgan fingerprint density at radius 3 is 1.15 bits per heavy atom. The Bertz CT molecular complexity index is 1570. The first-order valence-electron chi connectivity index (χ1n) is 30.0. The smallest absolute Gasteiger partial charge is 0.462 e. The van der Waals surface area contributed by atoms with Gasteiger partial charge < -0.3 is 18.9 Å². The first-order valence-corrected chi connectivity index (χ1v) is 31.5. The highest BCUT2D eigenvalue weighted by Gasteiger charge is 2.27. The predicted octanol–water partition coefficient (Wildman–Crippen LogP) is 18.8. The van der Waals surface area contributed by atoms with Gasteiger partial charge in [0.15, 0.2) is 6.10 Å². The Kier molecular flexibility index (Phi) is 52.4. The van der Waals surface area contributed by atoms with Crippen LogP contribution >= 0.6 is 7.82 Å². The highest BCUT2D eigenvalue weighted by atomic mass is 31.2. The lowest BCUT2D eigenvalue weighted by atomic mass is 10.0. The Hall–Kier alpha value is -3.07. The van der Waals surface area contributed by atoms with E-state index >= 15 is 0 Å². The fraction of sp³-hybridized carbons (Fsp3) is 0.719. The number of likely N-dealkylation sites (N-methyl/N-ethyl adjacent to an activating group) is 1. The van der Waals surface area contributed by atoms with Gasteiger partial charge in [-0.3, -0.25) is 18.6 Å². The summed E-state index contributed by atoms with van der Waals surface area (Å²) in [6.07, 6.45) is 75.1. The summed E-state index contributed by atoms with van der Waals surface area (Å²) in [6, 6.07) is 0. The molecule has 2 unspecified atom stereocenters. The second-order valence-corrected chi connectivity index (χ2v) is 22.5. The van der Waals surface area contributed by atoms with Crippen molar-refractivity contribution in [1.82, 2.24) is 0 Å². The molecule has 0 radical (unpaired) electrons. The summed E-state index contributed by atoms with van der Waals surface area (Å²) in [7, 11) is 1.48.